The van der Waals surface area contributed by atoms with Crippen molar-refractivity contribution in [1.29, 1.82) is 0 Å². The standard InChI is InChI=1S/C17H27N3O2/c1-20(2)16(14-5-4-6-15(9-14)22-3)11-19-17(21)12-18-10-13-7-8-13/h4-6,9,13,16,18H,7-8,10-12H2,1-3H3,(H,19,21). The van der Waals surface area contributed by atoms with Gasteiger partial charge in [-0.2, -0.15) is 0 Å². The molecule has 0 heterocycles. The van der Waals surface area contributed by atoms with Crippen LogP contribution in [0.2, 0.25) is 0 Å². The molecule has 1 saturated carbocycles. The predicted molar refractivity (Wildman–Crippen MR) is 88.0 cm³/mol. The second-order valence-electron chi connectivity index (χ2n) is 6.13. The lowest BCUT2D eigenvalue weighted by Gasteiger charge is -2.25. The summed E-state index contributed by atoms with van der Waals surface area (Å²) in [5.74, 6) is 1.68. The van der Waals surface area contributed by atoms with Gasteiger partial charge in [0, 0.05) is 6.54 Å². The van der Waals surface area contributed by atoms with E-state index in [1.165, 1.54) is 12.8 Å². The number of nitrogens with zero attached hydrogens (tertiary/aromatic N) is 1. The fourth-order valence-electron chi connectivity index (χ4n) is 2.43. The van der Waals surface area contributed by atoms with E-state index in [1.54, 1.807) is 7.11 Å². The van der Waals surface area contributed by atoms with E-state index in [2.05, 4.69) is 21.6 Å². The Morgan fingerprint density at radius 3 is 2.82 bits per heavy atom. The Bertz CT molecular complexity index is 487. The maximum absolute atomic E-state index is 11.9. The van der Waals surface area contributed by atoms with Crippen molar-refractivity contribution in [3.8, 4) is 5.75 Å². The van der Waals surface area contributed by atoms with Crippen molar-refractivity contribution in [2.45, 2.75) is 18.9 Å². The van der Waals surface area contributed by atoms with Crippen molar-refractivity contribution in [3.05, 3.63) is 29.8 Å². The Morgan fingerprint density at radius 1 is 1.41 bits per heavy atom. The third-order valence-electron chi connectivity index (χ3n) is 4.01. The first kappa shape index (κ1) is 16.8. The van der Waals surface area contributed by atoms with Crippen LogP contribution in [0, 0.1) is 5.92 Å². The molecule has 0 saturated heterocycles. The molecule has 0 radical (unpaired) electrons. The minimum absolute atomic E-state index is 0.0513. The first-order valence-electron chi connectivity index (χ1n) is 7.88. The van der Waals surface area contributed by atoms with Gasteiger partial charge in [0.05, 0.1) is 19.7 Å². The molecule has 22 heavy (non-hydrogen) atoms. The van der Waals surface area contributed by atoms with Crippen LogP contribution in [0.25, 0.3) is 0 Å². The average molecular weight is 305 g/mol. The van der Waals surface area contributed by atoms with Crippen LogP contribution in [0.1, 0.15) is 24.4 Å². The van der Waals surface area contributed by atoms with Gasteiger partial charge >= 0.3 is 0 Å². The molecule has 1 aliphatic carbocycles. The van der Waals surface area contributed by atoms with Gasteiger partial charge in [-0.05, 0) is 57.1 Å². The summed E-state index contributed by atoms with van der Waals surface area (Å²) in [5, 5.41) is 6.22. The molecular weight excluding hydrogens is 278 g/mol. The van der Waals surface area contributed by atoms with E-state index in [0.717, 1.165) is 23.8 Å². The summed E-state index contributed by atoms with van der Waals surface area (Å²) >= 11 is 0. The summed E-state index contributed by atoms with van der Waals surface area (Å²) in [6.45, 7) is 1.94. The fraction of sp³-hybridized carbons (Fsp3) is 0.588. The van der Waals surface area contributed by atoms with Gasteiger partial charge in [0.1, 0.15) is 5.75 Å². The lowest BCUT2D eigenvalue weighted by atomic mass is 10.1. The number of likely N-dealkylation sites (N-methyl/N-ethyl adjacent to an activating group) is 1. The molecule has 1 aliphatic rings. The molecule has 2 rings (SSSR count). The van der Waals surface area contributed by atoms with E-state index in [-0.39, 0.29) is 11.9 Å². The van der Waals surface area contributed by atoms with Crippen LogP contribution in [0.4, 0.5) is 0 Å². The molecule has 5 heteroatoms. The highest BCUT2D eigenvalue weighted by Crippen LogP contribution is 2.27. The highest BCUT2D eigenvalue weighted by Gasteiger charge is 2.21. The third-order valence-corrected chi connectivity index (χ3v) is 4.01. The maximum Gasteiger partial charge on any atom is 0.234 e. The monoisotopic (exact) mass is 305 g/mol. The van der Waals surface area contributed by atoms with E-state index in [9.17, 15) is 4.79 Å². The first-order chi connectivity index (χ1) is 10.6. The number of nitrogens with one attached hydrogen (secondary N) is 2. The van der Waals surface area contributed by atoms with Gasteiger partial charge in [-0.1, -0.05) is 12.1 Å². The Labute approximate surface area is 133 Å². The molecule has 0 bridgehead atoms. The van der Waals surface area contributed by atoms with Crippen LogP contribution < -0.4 is 15.4 Å². The zero-order valence-electron chi connectivity index (χ0n) is 13.8. The van der Waals surface area contributed by atoms with Gasteiger partial charge in [0.2, 0.25) is 5.91 Å². The molecule has 2 N–H and O–H groups in total. The number of rotatable bonds is 9. The summed E-state index contributed by atoms with van der Waals surface area (Å²) in [7, 11) is 5.69. The van der Waals surface area contributed by atoms with Crippen LogP contribution >= 0.6 is 0 Å². The van der Waals surface area contributed by atoms with E-state index >= 15 is 0 Å². The summed E-state index contributed by atoms with van der Waals surface area (Å²) in [6, 6.07) is 8.11. The number of benzene rings is 1. The molecule has 1 aromatic rings. The lowest BCUT2D eigenvalue weighted by molar-refractivity contribution is -0.120. The number of carbonyl (C=O) groups is 1. The molecule has 0 spiro atoms. The first-order valence-corrected chi connectivity index (χ1v) is 7.88. The topological polar surface area (TPSA) is 53.6 Å². The molecule has 122 valence electrons. The zero-order valence-corrected chi connectivity index (χ0v) is 13.8. The number of methoxy groups -OCH3 is 1. The van der Waals surface area contributed by atoms with Crippen molar-refractivity contribution in [3.63, 3.8) is 0 Å². The molecule has 1 unspecified atom stereocenters. The third kappa shape index (κ3) is 5.31. The van der Waals surface area contributed by atoms with Crippen LogP contribution in [0.5, 0.6) is 5.75 Å². The van der Waals surface area contributed by atoms with Crippen LogP contribution in [0.15, 0.2) is 24.3 Å². The van der Waals surface area contributed by atoms with Crippen LogP contribution in [-0.4, -0.2) is 51.6 Å². The Morgan fingerprint density at radius 2 is 2.18 bits per heavy atom. The van der Waals surface area contributed by atoms with Gasteiger partial charge in [0.25, 0.3) is 0 Å². The second kappa shape index (κ2) is 8.15. The van der Waals surface area contributed by atoms with Crippen molar-refractivity contribution in [2.24, 2.45) is 5.92 Å². The summed E-state index contributed by atoms with van der Waals surface area (Å²) < 4.78 is 5.28. The van der Waals surface area contributed by atoms with E-state index in [4.69, 9.17) is 4.74 Å². The summed E-state index contributed by atoms with van der Waals surface area (Å²) in [6.07, 6.45) is 2.60. The summed E-state index contributed by atoms with van der Waals surface area (Å²) in [4.78, 5) is 14.0. The van der Waals surface area contributed by atoms with E-state index < -0.39 is 0 Å². The van der Waals surface area contributed by atoms with Crippen molar-refractivity contribution >= 4 is 5.91 Å². The molecule has 0 aliphatic heterocycles. The number of ether oxygens (including phenoxy) is 1. The van der Waals surface area contributed by atoms with E-state index in [0.29, 0.717) is 13.1 Å². The molecule has 1 aromatic carbocycles. The normalized spacial score (nSPS) is 15.6. The Balaban J connectivity index is 1.83. The summed E-state index contributed by atoms with van der Waals surface area (Å²) in [5.41, 5.74) is 1.13. The maximum atomic E-state index is 11.9. The number of amides is 1. The predicted octanol–water partition coefficient (Wildman–Crippen LogP) is 1.41. The van der Waals surface area contributed by atoms with E-state index in [1.807, 2.05) is 32.3 Å². The van der Waals surface area contributed by atoms with Crippen LogP contribution in [-0.2, 0) is 4.79 Å². The molecule has 1 atom stereocenters. The number of carbonyl (C=O) groups excluding carboxylic acids is 1. The second-order valence-corrected chi connectivity index (χ2v) is 6.13. The van der Waals surface area contributed by atoms with Gasteiger partial charge < -0.3 is 20.3 Å². The smallest absolute Gasteiger partial charge is 0.234 e. The highest BCUT2D eigenvalue weighted by atomic mass is 16.5. The molecular formula is C17H27N3O2. The zero-order chi connectivity index (χ0) is 15.9. The molecule has 0 aromatic heterocycles. The van der Waals surface area contributed by atoms with Crippen molar-refractivity contribution < 1.29 is 9.53 Å². The molecule has 1 fully saturated rings. The highest BCUT2D eigenvalue weighted by molar-refractivity contribution is 5.78. The number of hydrogen-bond donors (Lipinski definition) is 2. The molecule has 1 amide bonds. The molecule has 5 nitrogen and oxygen atoms in total. The largest absolute Gasteiger partial charge is 0.497 e. The van der Waals surface area contributed by atoms with Gasteiger partial charge in [-0.3, -0.25) is 4.79 Å². The lowest BCUT2D eigenvalue weighted by Crippen LogP contribution is -2.39. The SMILES string of the molecule is COc1cccc(C(CNC(=O)CNCC2CC2)N(C)C)c1. The fourth-order valence-corrected chi connectivity index (χ4v) is 2.43. The number of hydrogen-bond acceptors (Lipinski definition) is 4. The Hall–Kier alpha value is -1.59. The van der Waals surface area contributed by atoms with Crippen LogP contribution in [0.3, 0.4) is 0 Å². The van der Waals surface area contributed by atoms with Crippen molar-refractivity contribution in [1.82, 2.24) is 15.5 Å². The minimum atomic E-state index is 0.0513. The minimum Gasteiger partial charge on any atom is -0.497 e. The van der Waals surface area contributed by atoms with Crippen molar-refractivity contribution in [2.75, 3.05) is 40.8 Å². The quantitative estimate of drug-likeness (QED) is 0.724. The average Bonchev–Trinajstić information content (AvgIpc) is 3.31. The van der Waals surface area contributed by atoms with Gasteiger partial charge in [-0.15, -0.1) is 0 Å². The van der Waals surface area contributed by atoms with Gasteiger partial charge in [0.15, 0.2) is 0 Å². The Kier molecular flexibility index (Phi) is 6.21. The van der Waals surface area contributed by atoms with Gasteiger partial charge in [-0.25, -0.2) is 0 Å².